The van der Waals surface area contributed by atoms with Crippen molar-refractivity contribution < 1.29 is 27.9 Å². The molecule has 0 bridgehead atoms. The highest BCUT2D eigenvalue weighted by Crippen LogP contribution is 2.35. The van der Waals surface area contributed by atoms with Crippen LogP contribution in [0.4, 0.5) is 4.39 Å². The Labute approximate surface area is 156 Å². The van der Waals surface area contributed by atoms with Crippen LogP contribution >= 0.6 is 15.9 Å². The monoisotopic (exact) mass is 420 g/mol. The van der Waals surface area contributed by atoms with E-state index in [2.05, 4.69) is 15.9 Å². The molecule has 0 aliphatic carbocycles. The number of benzene rings is 2. The molecule has 0 spiro atoms. The first kappa shape index (κ1) is 18.1. The molecule has 0 aliphatic rings. The second-order valence-corrected chi connectivity index (χ2v) is 6.28. The summed E-state index contributed by atoms with van der Waals surface area (Å²) >= 11 is 3.32. The maximum Gasteiger partial charge on any atom is 0.343 e. The fourth-order valence-corrected chi connectivity index (χ4v) is 2.90. The Morgan fingerprint density at radius 2 is 1.85 bits per heavy atom. The summed E-state index contributed by atoms with van der Waals surface area (Å²) in [5.74, 6) is -0.993. The summed E-state index contributed by atoms with van der Waals surface area (Å²) in [5, 5.41) is 0.478. The number of carbonyl (C=O) groups excluding carboxylic acids is 2. The lowest BCUT2D eigenvalue weighted by molar-refractivity contribution is 0.0526. The van der Waals surface area contributed by atoms with E-state index in [1.165, 1.54) is 30.3 Å². The molecule has 2 aromatic carbocycles. The van der Waals surface area contributed by atoms with Gasteiger partial charge in [-0.15, -0.1) is 0 Å². The first-order chi connectivity index (χ1) is 12.4. The Bertz CT molecular complexity index is 991. The minimum Gasteiger partial charge on any atom is -0.462 e. The molecule has 3 aromatic rings. The van der Waals surface area contributed by atoms with Gasteiger partial charge in [0.25, 0.3) is 0 Å². The Kier molecular flexibility index (Phi) is 5.08. The van der Waals surface area contributed by atoms with Crippen LogP contribution < -0.4 is 4.74 Å². The fourth-order valence-electron chi connectivity index (χ4n) is 2.50. The molecule has 0 saturated heterocycles. The molecule has 0 amide bonds. The molecule has 26 heavy (non-hydrogen) atoms. The summed E-state index contributed by atoms with van der Waals surface area (Å²) in [5.41, 5.74) is 0.944. The van der Waals surface area contributed by atoms with Gasteiger partial charge in [-0.3, -0.25) is 0 Å². The van der Waals surface area contributed by atoms with Crippen molar-refractivity contribution in [3.8, 4) is 5.75 Å². The molecule has 0 aliphatic heterocycles. The maximum absolute atomic E-state index is 13.0. The van der Waals surface area contributed by atoms with Crippen LogP contribution in [-0.2, 0) is 4.74 Å². The van der Waals surface area contributed by atoms with Crippen molar-refractivity contribution in [2.24, 2.45) is 0 Å². The number of hydrogen-bond acceptors (Lipinski definition) is 5. The average Bonchev–Trinajstić information content (AvgIpc) is 2.90. The quantitative estimate of drug-likeness (QED) is 0.436. The van der Waals surface area contributed by atoms with Crippen molar-refractivity contribution in [3.05, 3.63) is 63.6 Å². The first-order valence-electron chi connectivity index (χ1n) is 7.78. The molecule has 0 saturated carbocycles. The summed E-state index contributed by atoms with van der Waals surface area (Å²) < 4.78 is 29.5. The van der Waals surface area contributed by atoms with Gasteiger partial charge < -0.3 is 13.9 Å². The summed E-state index contributed by atoms with van der Waals surface area (Å²) in [4.78, 5) is 24.4. The van der Waals surface area contributed by atoms with E-state index in [0.29, 0.717) is 21.2 Å². The lowest BCUT2D eigenvalue weighted by Crippen LogP contribution is -2.09. The maximum atomic E-state index is 13.0. The standard InChI is InChI=1S/C19H14BrFO5/c1-3-24-19(23)17-10(2)25-15-9-14(20)16(8-13(15)17)26-18(22)11-4-6-12(21)7-5-11/h4-9H,3H2,1-2H3. The van der Waals surface area contributed by atoms with E-state index < -0.39 is 17.8 Å². The Balaban J connectivity index is 1.99. The van der Waals surface area contributed by atoms with Crippen LogP contribution in [0.3, 0.4) is 0 Å². The molecule has 0 atom stereocenters. The molecule has 7 heteroatoms. The minimum atomic E-state index is -0.650. The number of hydrogen-bond donors (Lipinski definition) is 0. The zero-order valence-corrected chi connectivity index (χ0v) is 15.6. The summed E-state index contributed by atoms with van der Waals surface area (Å²) in [6.07, 6.45) is 0. The van der Waals surface area contributed by atoms with E-state index in [4.69, 9.17) is 13.9 Å². The lowest BCUT2D eigenvalue weighted by atomic mass is 10.1. The number of aryl methyl sites for hydroxylation is 1. The third-order valence-electron chi connectivity index (χ3n) is 3.68. The highest BCUT2D eigenvalue weighted by atomic mass is 79.9. The van der Waals surface area contributed by atoms with Gasteiger partial charge in [0.2, 0.25) is 0 Å². The van der Waals surface area contributed by atoms with Crippen LogP contribution in [0.2, 0.25) is 0 Å². The van der Waals surface area contributed by atoms with Crippen LogP contribution in [0.1, 0.15) is 33.4 Å². The van der Waals surface area contributed by atoms with Gasteiger partial charge in [-0.2, -0.15) is 0 Å². The zero-order valence-electron chi connectivity index (χ0n) is 14.0. The molecule has 134 valence electrons. The van der Waals surface area contributed by atoms with Gasteiger partial charge in [0.05, 0.1) is 16.6 Å². The predicted octanol–water partition coefficient (Wildman–Crippen LogP) is 5.04. The molecule has 5 nitrogen and oxygen atoms in total. The smallest absolute Gasteiger partial charge is 0.343 e. The van der Waals surface area contributed by atoms with E-state index in [1.54, 1.807) is 19.9 Å². The number of fused-ring (bicyclic) bond motifs is 1. The van der Waals surface area contributed by atoms with Crippen molar-refractivity contribution in [1.29, 1.82) is 0 Å². The third-order valence-corrected chi connectivity index (χ3v) is 4.30. The first-order valence-corrected chi connectivity index (χ1v) is 8.57. The minimum absolute atomic E-state index is 0.201. The molecular weight excluding hydrogens is 407 g/mol. The van der Waals surface area contributed by atoms with Gasteiger partial charge in [0.15, 0.2) is 0 Å². The van der Waals surface area contributed by atoms with Crippen LogP contribution in [0.15, 0.2) is 45.3 Å². The largest absolute Gasteiger partial charge is 0.462 e. The fraction of sp³-hybridized carbons (Fsp3) is 0.158. The summed E-state index contributed by atoms with van der Waals surface area (Å²) in [7, 11) is 0. The normalized spacial score (nSPS) is 10.8. The number of halogens is 2. The molecule has 0 radical (unpaired) electrons. The van der Waals surface area contributed by atoms with Gasteiger partial charge >= 0.3 is 11.9 Å². The highest BCUT2D eigenvalue weighted by molar-refractivity contribution is 9.10. The van der Waals surface area contributed by atoms with Crippen molar-refractivity contribution in [2.75, 3.05) is 6.61 Å². The SMILES string of the molecule is CCOC(=O)c1c(C)oc2cc(Br)c(OC(=O)c3ccc(F)cc3)cc12. The second-order valence-electron chi connectivity index (χ2n) is 5.43. The number of furan rings is 1. The molecule has 1 aromatic heterocycles. The number of carbonyl (C=O) groups is 2. The zero-order chi connectivity index (χ0) is 18.8. The molecule has 0 N–H and O–H groups in total. The van der Waals surface area contributed by atoms with Gasteiger partial charge in [0.1, 0.15) is 28.5 Å². The van der Waals surface area contributed by atoms with Crippen molar-refractivity contribution >= 4 is 38.8 Å². The van der Waals surface area contributed by atoms with E-state index in [9.17, 15) is 14.0 Å². The topological polar surface area (TPSA) is 65.7 Å². The Morgan fingerprint density at radius 3 is 2.50 bits per heavy atom. The second kappa shape index (κ2) is 7.29. The van der Waals surface area contributed by atoms with Gasteiger partial charge in [-0.05, 0) is 66.2 Å². The Morgan fingerprint density at radius 1 is 1.15 bits per heavy atom. The van der Waals surface area contributed by atoms with E-state index in [-0.39, 0.29) is 23.5 Å². The van der Waals surface area contributed by atoms with Crippen LogP contribution in [0, 0.1) is 12.7 Å². The average molecular weight is 421 g/mol. The van der Waals surface area contributed by atoms with E-state index in [1.807, 2.05) is 0 Å². The van der Waals surface area contributed by atoms with Crippen LogP contribution in [0.5, 0.6) is 5.75 Å². The lowest BCUT2D eigenvalue weighted by Gasteiger charge is -2.07. The highest BCUT2D eigenvalue weighted by Gasteiger charge is 2.22. The van der Waals surface area contributed by atoms with Gasteiger partial charge in [0, 0.05) is 5.39 Å². The van der Waals surface area contributed by atoms with Crippen molar-refractivity contribution in [3.63, 3.8) is 0 Å². The number of ether oxygens (including phenoxy) is 2. The van der Waals surface area contributed by atoms with E-state index in [0.717, 1.165) is 0 Å². The van der Waals surface area contributed by atoms with Crippen LogP contribution in [-0.4, -0.2) is 18.5 Å². The summed E-state index contributed by atoms with van der Waals surface area (Å²) in [6, 6.07) is 8.15. The number of rotatable bonds is 4. The van der Waals surface area contributed by atoms with Gasteiger partial charge in [-0.1, -0.05) is 0 Å². The predicted molar refractivity (Wildman–Crippen MR) is 96.0 cm³/mol. The van der Waals surface area contributed by atoms with Crippen molar-refractivity contribution in [2.45, 2.75) is 13.8 Å². The molecular formula is C19H14BrFO5. The molecule has 0 unspecified atom stereocenters. The Hall–Kier alpha value is -2.67. The molecule has 0 fully saturated rings. The molecule has 3 rings (SSSR count). The molecule has 1 heterocycles. The number of esters is 2. The third kappa shape index (κ3) is 3.48. The summed E-state index contributed by atoms with van der Waals surface area (Å²) in [6.45, 7) is 3.60. The van der Waals surface area contributed by atoms with Gasteiger partial charge in [-0.25, -0.2) is 14.0 Å². The van der Waals surface area contributed by atoms with E-state index >= 15 is 0 Å². The van der Waals surface area contributed by atoms with Crippen LogP contribution in [0.25, 0.3) is 11.0 Å². The van der Waals surface area contributed by atoms with Crippen molar-refractivity contribution in [1.82, 2.24) is 0 Å².